The maximum Gasteiger partial charge on any atom is 0.433 e. The van der Waals surface area contributed by atoms with Gasteiger partial charge in [0.25, 0.3) is 0 Å². The minimum atomic E-state index is -4.51. The number of nitrogen functional groups attached to an aromatic ring is 1. The molecule has 7 heteroatoms. The largest absolute Gasteiger partial charge is 0.433 e. The van der Waals surface area contributed by atoms with Crippen molar-refractivity contribution in [3.05, 3.63) is 11.8 Å². The molecule has 0 amide bonds. The fraction of sp³-hybridized carbons (Fsp3) is 0.667. The Labute approximate surface area is 109 Å². The molecule has 0 aromatic carbocycles. The normalized spacial score (nSPS) is 17.3. The molecule has 0 saturated heterocycles. The number of rotatable bonds is 5. The Hall–Kier alpha value is -1.53. The number of nitrogens with one attached hydrogen (secondary N) is 1. The average Bonchev–Trinajstić information content (AvgIpc) is 3.06. The zero-order valence-electron chi connectivity index (χ0n) is 10.7. The lowest BCUT2D eigenvalue weighted by Gasteiger charge is -2.16. The van der Waals surface area contributed by atoms with Crippen molar-refractivity contribution >= 4 is 11.8 Å². The zero-order valence-corrected chi connectivity index (χ0v) is 10.7. The lowest BCUT2D eigenvalue weighted by atomic mass is 10.0. The molecule has 3 N–H and O–H groups in total. The summed E-state index contributed by atoms with van der Waals surface area (Å²) in [5, 5.41) is 2.95. The first-order chi connectivity index (χ1) is 8.85. The second-order valence-corrected chi connectivity index (χ2v) is 5.10. The van der Waals surface area contributed by atoms with Crippen LogP contribution in [0.25, 0.3) is 0 Å². The van der Waals surface area contributed by atoms with Crippen LogP contribution in [0, 0.1) is 5.41 Å². The van der Waals surface area contributed by atoms with Crippen molar-refractivity contribution in [3.63, 3.8) is 0 Å². The second kappa shape index (κ2) is 4.86. The van der Waals surface area contributed by atoms with Gasteiger partial charge in [-0.1, -0.05) is 13.3 Å². The number of hydrogen-bond acceptors (Lipinski definition) is 4. The molecule has 1 heterocycles. The van der Waals surface area contributed by atoms with Gasteiger partial charge in [0.15, 0.2) is 5.69 Å². The zero-order chi connectivity index (χ0) is 14.1. The highest BCUT2D eigenvalue weighted by Gasteiger charge is 2.41. The molecule has 0 bridgehead atoms. The van der Waals surface area contributed by atoms with E-state index in [0.29, 0.717) is 6.54 Å². The summed E-state index contributed by atoms with van der Waals surface area (Å²) in [6, 6.07) is 0.901. The SMILES string of the molecule is CCCC1(CNc2cc(C(F)(F)F)nc(N)n2)CC1. The van der Waals surface area contributed by atoms with Crippen molar-refractivity contribution in [1.29, 1.82) is 0 Å². The molecule has 0 atom stereocenters. The van der Waals surface area contributed by atoms with Gasteiger partial charge in [-0.3, -0.25) is 0 Å². The summed E-state index contributed by atoms with van der Waals surface area (Å²) in [5.41, 5.74) is 4.53. The quantitative estimate of drug-likeness (QED) is 0.866. The lowest BCUT2D eigenvalue weighted by molar-refractivity contribution is -0.141. The number of nitrogens with two attached hydrogens (primary N) is 1. The van der Waals surface area contributed by atoms with Crippen molar-refractivity contribution in [1.82, 2.24) is 9.97 Å². The fourth-order valence-corrected chi connectivity index (χ4v) is 2.20. The summed E-state index contributed by atoms with van der Waals surface area (Å²) in [6.07, 6.45) is -0.136. The van der Waals surface area contributed by atoms with Gasteiger partial charge in [0.05, 0.1) is 0 Å². The van der Waals surface area contributed by atoms with Crippen LogP contribution >= 0.6 is 0 Å². The van der Waals surface area contributed by atoms with E-state index in [-0.39, 0.29) is 17.2 Å². The van der Waals surface area contributed by atoms with E-state index in [9.17, 15) is 13.2 Å². The van der Waals surface area contributed by atoms with Gasteiger partial charge in [-0.2, -0.15) is 18.2 Å². The minimum absolute atomic E-state index is 0.141. The number of halogens is 3. The fourth-order valence-electron chi connectivity index (χ4n) is 2.20. The van der Waals surface area contributed by atoms with E-state index < -0.39 is 11.9 Å². The molecule has 1 aromatic heterocycles. The molecule has 0 radical (unpaired) electrons. The van der Waals surface area contributed by atoms with E-state index in [1.54, 1.807) is 0 Å². The van der Waals surface area contributed by atoms with E-state index in [4.69, 9.17) is 5.73 Å². The van der Waals surface area contributed by atoms with Gasteiger partial charge in [-0.05, 0) is 24.7 Å². The van der Waals surface area contributed by atoms with Crippen LogP contribution in [0.5, 0.6) is 0 Å². The van der Waals surface area contributed by atoms with E-state index in [0.717, 1.165) is 31.7 Å². The van der Waals surface area contributed by atoms with E-state index in [1.165, 1.54) is 0 Å². The summed E-state index contributed by atoms with van der Waals surface area (Å²) in [6.45, 7) is 2.74. The number of hydrogen-bond donors (Lipinski definition) is 2. The molecule has 1 aliphatic carbocycles. The molecule has 1 aliphatic rings. The van der Waals surface area contributed by atoms with Crippen LogP contribution in [-0.4, -0.2) is 16.5 Å². The van der Waals surface area contributed by atoms with Crippen molar-refractivity contribution < 1.29 is 13.2 Å². The summed E-state index contributed by atoms with van der Waals surface area (Å²) in [5.74, 6) is -0.222. The van der Waals surface area contributed by atoms with Crippen molar-refractivity contribution in [2.24, 2.45) is 5.41 Å². The van der Waals surface area contributed by atoms with Crippen LogP contribution in [0.2, 0.25) is 0 Å². The Kier molecular flexibility index (Phi) is 3.56. The third kappa shape index (κ3) is 3.48. The number of alkyl halides is 3. The Morgan fingerprint density at radius 1 is 1.37 bits per heavy atom. The van der Waals surface area contributed by atoms with Gasteiger partial charge in [0, 0.05) is 12.6 Å². The average molecular weight is 274 g/mol. The molecule has 106 valence electrons. The van der Waals surface area contributed by atoms with Crippen molar-refractivity contribution in [2.75, 3.05) is 17.6 Å². The Morgan fingerprint density at radius 2 is 2.05 bits per heavy atom. The number of aromatic nitrogens is 2. The van der Waals surface area contributed by atoms with Crippen LogP contribution in [0.4, 0.5) is 24.9 Å². The smallest absolute Gasteiger partial charge is 0.369 e. The first kappa shape index (κ1) is 13.9. The Morgan fingerprint density at radius 3 is 2.58 bits per heavy atom. The summed E-state index contributed by atoms with van der Waals surface area (Å²) in [7, 11) is 0. The summed E-state index contributed by atoms with van der Waals surface area (Å²) < 4.78 is 37.7. The summed E-state index contributed by atoms with van der Waals surface area (Å²) >= 11 is 0. The van der Waals surface area contributed by atoms with E-state index in [1.807, 2.05) is 0 Å². The van der Waals surface area contributed by atoms with Gasteiger partial charge in [-0.25, -0.2) is 4.98 Å². The van der Waals surface area contributed by atoms with Crippen LogP contribution in [0.1, 0.15) is 38.3 Å². The number of nitrogens with zero attached hydrogens (tertiary/aromatic N) is 2. The molecule has 0 spiro atoms. The first-order valence-corrected chi connectivity index (χ1v) is 6.30. The monoisotopic (exact) mass is 274 g/mol. The predicted octanol–water partition coefficient (Wildman–Crippen LogP) is 3.07. The maximum atomic E-state index is 12.6. The molecule has 1 saturated carbocycles. The molecule has 19 heavy (non-hydrogen) atoms. The highest BCUT2D eigenvalue weighted by atomic mass is 19.4. The van der Waals surface area contributed by atoms with Gasteiger partial charge in [-0.15, -0.1) is 0 Å². The van der Waals surface area contributed by atoms with Gasteiger partial charge in [0.2, 0.25) is 5.95 Å². The molecule has 2 rings (SSSR count). The Bertz CT molecular complexity index is 455. The third-order valence-electron chi connectivity index (χ3n) is 3.42. The van der Waals surface area contributed by atoms with Crippen LogP contribution in [-0.2, 0) is 6.18 Å². The van der Waals surface area contributed by atoms with E-state index in [2.05, 4.69) is 22.2 Å². The topological polar surface area (TPSA) is 63.8 Å². The molecule has 0 unspecified atom stereocenters. The first-order valence-electron chi connectivity index (χ1n) is 6.30. The number of anilines is 2. The Balaban J connectivity index is 2.06. The van der Waals surface area contributed by atoms with Crippen LogP contribution in [0.15, 0.2) is 6.07 Å². The van der Waals surface area contributed by atoms with Crippen LogP contribution < -0.4 is 11.1 Å². The van der Waals surface area contributed by atoms with Crippen molar-refractivity contribution in [2.45, 2.75) is 38.8 Å². The molecule has 4 nitrogen and oxygen atoms in total. The minimum Gasteiger partial charge on any atom is -0.369 e. The molecule has 1 fully saturated rings. The highest BCUT2D eigenvalue weighted by molar-refractivity contribution is 5.41. The highest BCUT2D eigenvalue weighted by Crippen LogP contribution is 2.49. The van der Waals surface area contributed by atoms with Gasteiger partial charge < -0.3 is 11.1 Å². The molecular formula is C12H17F3N4. The second-order valence-electron chi connectivity index (χ2n) is 5.10. The van der Waals surface area contributed by atoms with Crippen molar-refractivity contribution in [3.8, 4) is 0 Å². The lowest BCUT2D eigenvalue weighted by Crippen LogP contribution is -2.18. The molecular weight excluding hydrogens is 257 g/mol. The third-order valence-corrected chi connectivity index (χ3v) is 3.42. The summed E-state index contributed by atoms with van der Waals surface area (Å²) in [4.78, 5) is 7.00. The van der Waals surface area contributed by atoms with Gasteiger partial charge >= 0.3 is 6.18 Å². The van der Waals surface area contributed by atoms with E-state index >= 15 is 0 Å². The van der Waals surface area contributed by atoms with Crippen LogP contribution in [0.3, 0.4) is 0 Å². The molecule has 1 aromatic rings. The standard InChI is InChI=1S/C12H17F3N4/c1-2-3-11(4-5-11)7-17-9-6-8(12(13,14)15)18-10(16)19-9/h6H,2-5,7H2,1H3,(H3,16,17,18,19). The molecule has 0 aliphatic heterocycles. The van der Waals surface area contributed by atoms with Gasteiger partial charge in [0.1, 0.15) is 5.82 Å². The maximum absolute atomic E-state index is 12.6. The predicted molar refractivity (Wildman–Crippen MR) is 66.5 cm³/mol.